The summed E-state index contributed by atoms with van der Waals surface area (Å²) in [5.74, 6) is 1.15. The van der Waals surface area contributed by atoms with E-state index in [1.54, 1.807) is 0 Å². The van der Waals surface area contributed by atoms with Gasteiger partial charge in [-0.1, -0.05) is 32.4 Å². The van der Waals surface area contributed by atoms with Gasteiger partial charge in [-0.25, -0.2) is 4.98 Å². The Bertz CT molecular complexity index is 516. The molecule has 0 bridgehead atoms. The van der Waals surface area contributed by atoms with Gasteiger partial charge < -0.3 is 9.88 Å². The molecule has 0 aliphatic rings. The molecular formula is C16H25N3. The molecule has 3 heteroatoms. The Morgan fingerprint density at radius 1 is 1.21 bits per heavy atom. The number of hydrogen-bond donors (Lipinski definition) is 1. The predicted octanol–water partition coefficient (Wildman–Crippen LogP) is 3.72. The van der Waals surface area contributed by atoms with E-state index >= 15 is 0 Å². The van der Waals surface area contributed by atoms with Gasteiger partial charge in [0.1, 0.15) is 5.82 Å². The van der Waals surface area contributed by atoms with Crippen molar-refractivity contribution in [2.45, 2.75) is 59.2 Å². The number of aromatic nitrogens is 2. The lowest BCUT2D eigenvalue weighted by Crippen LogP contribution is -2.29. The average molecular weight is 259 g/mol. The van der Waals surface area contributed by atoms with Gasteiger partial charge in [0, 0.05) is 12.6 Å². The van der Waals surface area contributed by atoms with Crippen LogP contribution < -0.4 is 5.32 Å². The Morgan fingerprint density at radius 2 is 2.00 bits per heavy atom. The van der Waals surface area contributed by atoms with Crippen LogP contribution in [0.1, 0.15) is 45.9 Å². The zero-order chi connectivity index (χ0) is 13.7. The molecule has 1 aromatic carbocycles. The Balaban J connectivity index is 2.15. The van der Waals surface area contributed by atoms with E-state index in [9.17, 15) is 0 Å². The van der Waals surface area contributed by atoms with Gasteiger partial charge in [-0.3, -0.25) is 0 Å². The molecular weight excluding hydrogens is 234 g/mol. The topological polar surface area (TPSA) is 29.9 Å². The Labute approximate surface area is 116 Å². The first-order valence-corrected chi connectivity index (χ1v) is 7.47. The normalized spacial score (nSPS) is 13.0. The third-order valence-electron chi connectivity index (χ3n) is 3.73. The Kier molecular flexibility index (Phi) is 4.97. The molecule has 1 atom stereocenters. The zero-order valence-electron chi connectivity index (χ0n) is 12.3. The van der Waals surface area contributed by atoms with Crippen LogP contribution in [0.4, 0.5) is 0 Å². The van der Waals surface area contributed by atoms with E-state index in [0.29, 0.717) is 6.04 Å². The molecule has 1 heterocycles. The van der Waals surface area contributed by atoms with E-state index in [4.69, 9.17) is 4.98 Å². The summed E-state index contributed by atoms with van der Waals surface area (Å²) in [6.07, 6.45) is 3.65. The summed E-state index contributed by atoms with van der Waals surface area (Å²) in [5, 5.41) is 3.64. The summed E-state index contributed by atoms with van der Waals surface area (Å²) in [6, 6.07) is 8.99. The SMILES string of the molecule is CCCC(CC)NCc1nc2ccccc2n1CC. The number of imidazole rings is 1. The van der Waals surface area contributed by atoms with Crippen LogP contribution in [0.15, 0.2) is 24.3 Å². The number of hydrogen-bond acceptors (Lipinski definition) is 2. The van der Waals surface area contributed by atoms with Crippen molar-refractivity contribution >= 4 is 11.0 Å². The lowest BCUT2D eigenvalue weighted by Gasteiger charge is -2.16. The number of nitrogens with zero attached hydrogens (tertiary/aromatic N) is 2. The fraction of sp³-hybridized carbons (Fsp3) is 0.562. The van der Waals surface area contributed by atoms with Gasteiger partial charge in [-0.05, 0) is 31.9 Å². The molecule has 1 aromatic heterocycles. The molecule has 0 aliphatic heterocycles. The van der Waals surface area contributed by atoms with Crippen LogP contribution in [0.5, 0.6) is 0 Å². The van der Waals surface area contributed by atoms with Gasteiger partial charge in [0.25, 0.3) is 0 Å². The molecule has 0 amide bonds. The maximum atomic E-state index is 4.75. The first-order chi connectivity index (χ1) is 9.30. The van der Waals surface area contributed by atoms with Crippen LogP contribution in [0.25, 0.3) is 11.0 Å². The molecule has 104 valence electrons. The summed E-state index contributed by atoms with van der Waals surface area (Å²) in [6.45, 7) is 8.51. The van der Waals surface area contributed by atoms with Gasteiger partial charge in [-0.2, -0.15) is 0 Å². The van der Waals surface area contributed by atoms with Gasteiger partial charge in [-0.15, -0.1) is 0 Å². The number of rotatable bonds is 7. The highest BCUT2D eigenvalue weighted by Crippen LogP contribution is 2.16. The van der Waals surface area contributed by atoms with E-state index in [2.05, 4.69) is 54.9 Å². The minimum atomic E-state index is 0.607. The first kappa shape index (κ1) is 14.1. The highest BCUT2D eigenvalue weighted by atomic mass is 15.1. The molecule has 0 spiro atoms. The van der Waals surface area contributed by atoms with Crippen molar-refractivity contribution in [3.63, 3.8) is 0 Å². The van der Waals surface area contributed by atoms with E-state index in [1.165, 1.54) is 24.8 Å². The van der Waals surface area contributed by atoms with Crippen LogP contribution >= 0.6 is 0 Å². The Morgan fingerprint density at radius 3 is 2.68 bits per heavy atom. The second-order valence-corrected chi connectivity index (χ2v) is 5.04. The fourth-order valence-electron chi connectivity index (χ4n) is 2.65. The van der Waals surface area contributed by atoms with Crippen molar-refractivity contribution in [2.24, 2.45) is 0 Å². The lowest BCUT2D eigenvalue weighted by atomic mass is 10.1. The molecule has 0 saturated heterocycles. The van der Waals surface area contributed by atoms with Gasteiger partial charge >= 0.3 is 0 Å². The van der Waals surface area contributed by atoms with Gasteiger partial charge in [0.05, 0.1) is 17.6 Å². The molecule has 3 nitrogen and oxygen atoms in total. The van der Waals surface area contributed by atoms with E-state index in [1.807, 2.05) is 0 Å². The minimum absolute atomic E-state index is 0.607. The first-order valence-electron chi connectivity index (χ1n) is 7.47. The molecule has 0 fully saturated rings. The molecule has 0 saturated carbocycles. The standard InChI is InChI=1S/C16H25N3/c1-4-9-13(5-2)17-12-16-18-14-10-7-8-11-15(14)19(16)6-3/h7-8,10-11,13,17H,4-6,9,12H2,1-3H3. The van der Waals surface area contributed by atoms with Crippen LogP contribution in [-0.2, 0) is 13.1 Å². The number of aryl methyl sites for hydroxylation is 1. The highest BCUT2D eigenvalue weighted by Gasteiger charge is 2.10. The monoisotopic (exact) mass is 259 g/mol. The third kappa shape index (κ3) is 3.16. The summed E-state index contributed by atoms with van der Waals surface area (Å²) in [7, 11) is 0. The number of benzene rings is 1. The smallest absolute Gasteiger partial charge is 0.123 e. The van der Waals surface area contributed by atoms with Crippen molar-refractivity contribution in [1.82, 2.24) is 14.9 Å². The zero-order valence-corrected chi connectivity index (χ0v) is 12.3. The summed E-state index contributed by atoms with van der Waals surface area (Å²) >= 11 is 0. The van der Waals surface area contributed by atoms with E-state index in [0.717, 1.165) is 24.4 Å². The van der Waals surface area contributed by atoms with Crippen LogP contribution in [0.3, 0.4) is 0 Å². The predicted molar refractivity (Wildman–Crippen MR) is 81.2 cm³/mol. The molecule has 0 radical (unpaired) electrons. The van der Waals surface area contributed by atoms with Crippen molar-refractivity contribution < 1.29 is 0 Å². The average Bonchev–Trinajstić information content (AvgIpc) is 2.80. The van der Waals surface area contributed by atoms with Crippen LogP contribution in [0, 0.1) is 0 Å². The molecule has 0 aliphatic carbocycles. The second-order valence-electron chi connectivity index (χ2n) is 5.04. The van der Waals surface area contributed by atoms with E-state index in [-0.39, 0.29) is 0 Å². The van der Waals surface area contributed by atoms with Crippen molar-refractivity contribution in [3.8, 4) is 0 Å². The van der Waals surface area contributed by atoms with Crippen LogP contribution in [-0.4, -0.2) is 15.6 Å². The molecule has 2 aromatic rings. The molecule has 1 N–H and O–H groups in total. The summed E-state index contributed by atoms with van der Waals surface area (Å²) < 4.78 is 2.31. The lowest BCUT2D eigenvalue weighted by molar-refractivity contribution is 0.450. The Hall–Kier alpha value is -1.35. The number of nitrogens with one attached hydrogen (secondary N) is 1. The molecule has 2 rings (SSSR count). The minimum Gasteiger partial charge on any atom is -0.327 e. The largest absolute Gasteiger partial charge is 0.327 e. The quantitative estimate of drug-likeness (QED) is 0.821. The van der Waals surface area contributed by atoms with E-state index < -0.39 is 0 Å². The second kappa shape index (κ2) is 6.71. The number of fused-ring (bicyclic) bond motifs is 1. The molecule has 19 heavy (non-hydrogen) atoms. The molecule has 1 unspecified atom stereocenters. The highest BCUT2D eigenvalue weighted by molar-refractivity contribution is 5.75. The summed E-state index contributed by atoms with van der Waals surface area (Å²) in [5.41, 5.74) is 2.34. The van der Waals surface area contributed by atoms with Crippen molar-refractivity contribution in [2.75, 3.05) is 0 Å². The summed E-state index contributed by atoms with van der Waals surface area (Å²) in [4.78, 5) is 4.75. The van der Waals surface area contributed by atoms with Crippen molar-refractivity contribution in [1.29, 1.82) is 0 Å². The maximum absolute atomic E-state index is 4.75. The van der Waals surface area contributed by atoms with Gasteiger partial charge in [0.15, 0.2) is 0 Å². The third-order valence-corrected chi connectivity index (χ3v) is 3.73. The maximum Gasteiger partial charge on any atom is 0.123 e. The van der Waals surface area contributed by atoms with Gasteiger partial charge in [0.2, 0.25) is 0 Å². The van der Waals surface area contributed by atoms with Crippen molar-refractivity contribution in [3.05, 3.63) is 30.1 Å². The fourth-order valence-corrected chi connectivity index (χ4v) is 2.65. The van der Waals surface area contributed by atoms with Crippen LogP contribution in [0.2, 0.25) is 0 Å². The number of para-hydroxylation sites is 2.